The Hall–Kier alpha value is -1.06. The number of thiophene rings is 1. The molecule has 0 atom stereocenters. The molecule has 0 unspecified atom stereocenters. The van der Waals surface area contributed by atoms with E-state index < -0.39 is 0 Å². The largest absolute Gasteiger partial charge is 0.293 e. The van der Waals surface area contributed by atoms with E-state index in [2.05, 4.69) is 31.2 Å². The van der Waals surface area contributed by atoms with Crippen LogP contribution in [0, 0.1) is 6.92 Å². The highest BCUT2D eigenvalue weighted by Crippen LogP contribution is 2.20. The molecule has 16 heavy (non-hydrogen) atoms. The second-order valence-electron chi connectivity index (χ2n) is 3.54. The Morgan fingerprint density at radius 2 is 2.00 bits per heavy atom. The van der Waals surface area contributed by atoms with Gasteiger partial charge in [-0.1, -0.05) is 17.7 Å². The predicted octanol–water partition coefficient (Wildman–Crippen LogP) is 4.03. The van der Waals surface area contributed by atoms with Crippen LogP contribution in [-0.4, -0.2) is 11.5 Å². The van der Waals surface area contributed by atoms with Gasteiger partial charge in [0.25, 0.3) is 0 Å². The van der Waals surface area contributed by atoms with Crippen LogP contribution in [0.1, 0.15) is 15.9 Å². The molecule has 1 aromatic carbocycles. The summed E-state index contributed by atoms with van der Waals surface area (Å²) in [5.74, 6) is 0.714. The Labute approximate surface area is 104 Å². The summed E-state index contributed by atoms with van der Waals surface area (Å²) in [6, 6.07) is 10.1. The zero-order chi connectivity index (χ0) is 11.4. The minimum atomic E-state index is 0.201. The number of hydrogen-bond donors (Lipinski definition) is 0. The number of hydrogen-bond acceptors (Lipinski definition) is 3. The van der Waals surface area contributed by atoms with Crippen LogP contribution in [0.4, 0.5) is 0 Å². The summed E-state index contributed by atoms with van der Waals surface area (Å²) in [6.45, 7) is 2.06. The van der Waals surface area contributed by atoms with Crippen LogP contribution in [0.5, 0.6) is 0 Å². The maximum absolute atomic E-state index is 11.7. The SMILES string of the molecule is Cc1ccc(SCC(=O)c2ccsc2)cc1. The Morgan fingerprint density at radius 3 is 2.62 bits per heavy atom. The molecular weight excluding hydrogens is 236 g/mol. The fourth-order valence-corrected chi connectivity index (χ4v) is 2.74. The van der Waals surface area contributed by atoms with Crippen molar-refractivity contribution in [2.24, 2.45) is 0 Å². The number of aryl methyl sites for hydroxylation is 1. The van der Waals surface area contributed by atoms with E-state index in [4.69, 9.17) is 0 Å². The van der Waals surface area contributed by atoms with Crippen LogP contribution < -0.4 is 0 Å². The summed E-state index contributed by atoms with van der Waals surface area (Å²) in [5.41, 5.74) is 2.07. The van der Waals surface area contributed by atoms with Gasteiger partial charge < -0.3 is 0 Å². The molecule has 0 N–H and O–H groups in total. The van der Waals surface area contributed by atoms with Gasteiger partial charge in [-0.15, -0.1) is 11.8 Å². The standard InChI is InChI=1S/C13H12OS2/c1-10-2-4-12(5-3-10)16-9-13(14)11-6-7-15-8-11/h2-8H,9H2,1H3. The maximum atomic E-state index is 11.7. The van der Waals surface area contributed by atoms with Gasteiger partial charge in [-0.3, -0.25) is 4.79 Å². The van der Waals surface area contributed by atoms with E-state index in [0.29, 0.717) is 5.75 Å². The highest BCUT2D eigenvalue weighted by molar-refractivity contribution is 8.00. The fourth-order valence-electron chi connectivity index (χ4n) is 1.29. The van der Waals surface area contributed by atoms with Gasteiger partial charge in [0.05, 0.1) is 5.75 Å². The van der Waals surface area contributed by atoms with Gasteiger partial charge >= 0.3 is 0 Å². The molecule has 0 saturated heterocycles. The molecule has 0 spiro atoms. The Balaban J connectivity index is 1.93. The molecule has 1 aromatic heterocycles. The van der Waals surface area contributed by atoms with Gasteiger partial charge in [-0.25, -0.2) is 0 Å². The summed E-state index contributed by atoms with van der Waals surface area (Å²) < 4.78 is 0. The van der Waals surface area contributed by atoms with Gasteiger partial charge in [-0.05, 0) is 30.5 Å². The zero-order valence-electron chi connectivity index (χ0n) is 8.97. The van der Waals surface area contributed by atoms with Crippen molar-refractivity contribution in [3.8, 4) is 0 Å². The quantitative estimate of drug-likeness (QED) is 0.600. The van der Waals surface area contributed by atoms with Crippen molar-refractivity contribution >= 4 is 28.9 Å². The molecule has 0 saturated carbocycles. The maximum Gasteiger partial charge on any atom is 0.173 e. The number of carbonyl (C=O) groups is 1. The predicted molar refractivity (Wildman–Crippen MR) is 70.6 cm³/mol. The molecule has 2 aromatic rings. The summed E-state index contributed by atoms with van der Waals surface area (Å²) in [6.07, 6.45) is 0. The molecule has 0 aliphatic heterocycles. The van der Waals surface area contributed by atoms with Crippen molar-refractivity contribution in [1.82, 2.24) is 0 Å². The third-order valence-electron chi connectivity index (χ3n) is 2.23. The first-order chi connectivity index (χ1) is 7.75. The smallest absolute Gasteiger partial charge is 0.173 e. The summed E-state index contributed by atoms with van der Waals surface area (Å²) in [5, 5.41) is 3.84. The molecule has 0 aliphatic rings. The lowest BCUT2D eigenvalue weighted by atomic mass is 10.2. The lowest BCUT2D eigenvalue weighted by Gasteiger charge is -2.00. The van der Waals surface area contributed by atoms with Crippen LogP contribution in [0.25, 0.3) is 0 Å². The van der Waals surface area contributed by atoms with E-state index in [-0.39, 0.29) is 5.78 Å². The molecule has 0 fully saturated rings. The van der Waals surface area contributed by atoms with Crippen molar-refractivity contribution < 1.29 is 4.79 Å². The third-order valence-corrected chi connectivity index (χ3v) is 3.93. The van der Waals surface area contributed by atoms with E-state index in [1.54, 1.807) is 23.1 Å². The summed E-state index contributed by atoms with van der Waals surface area (Å²) in [7, 11) is 0. The first kappa shape index (κ1) is 11.4. The summed E-state index contributed by atoms with van der Waals surface area (Å²) in [4.78, 5) is 12.9. The van der Waals surface area contributed by atoms with Crippen molar-refractivity contribution in [2.45, 2.75) is 11.8 Å². The van der Waals surface area contributed by atoms with E-state index in [9.17, 15) is 4.79 Å². The lowest BCUT2D eigenvalue weighted by Crippen LogP contribution is -1.99. The molecule has 2 rings (SSSR count). The van der Waals surface area contributed by atoms with Crippen molar-refractivity contribution in [3.05, 3.63) is 52.2 Å². The number of Topliss-reactive ketones (excluding diaryl/α,β-unsaturated/α-hetero) is 1. The second-order valence-corrected chi connectivity index (χ2v) is 5.37. The highest BCUT2D eigenvalue weighted by atomic mass is 32.2. The molecule has 82 valence electrons. The molecule has 0 aliphatic carbocycles. The van der Waals surface area contributed by atoms with Crippen molar-refractivity contribution in [1.29, 1.82) is 0 Å². The first-order valence-corrected chi connectivity index (χ1v) is 6.93. The monoisotopic (exact) mass is 248 g/mol. The molecule has 0 amide bonds. The molecular formula is C13H12OS2. The van der Waals surface area contributed by atoms with Gasteiger partial charge in [-0.2, -0.15) is 11.3 Å². The Morgan fingerprint density at radius 1 is 1.25 bits per heavy atom. The van der Waals surface area contributed by atoms with Gasteiger partial charge in [0, 0.05) is 15.8 Å². The van der Waals surface area contributed by atoms with Crippen LogP contribution in [0.3, 0.4) is 0 Å². The highest BCUT2D eigenvalue weighted by Gasteiger charge is 2.06. The van der Waals surface area contributed by atoms with E-state index in [0.717, 1.165) is 10.5 Å². The van der Waals surface area contributed by atoms with Crippen LogP contribution >= 0.6 is 23.1 Å². The van der Waals surface area contributed by atoms with Crippen LogP contribution in [0.15, 0.2) is 46.0 Å². The fraction of sp³-hybridized carbons (Fsp3) is 0.154. The van der Waals surface area contributed by atoms with Gasteiger partial charge in [0.2, 0.25) is 0 Å². The lowest BCUT2D eigenvalue weighted by molar-refractivity contribution is 0.102. The number of carbonyl (C=O) groups excluding carboxylic acids is 1. The van der Waals surface area contributed by atoms with Crippen LogP contribution in [0.2, 0.25) is 0 Å². The van der Waals surface area contributed by atoms with Crippen LogP contribution in [-0.2, 0) is 0 Å². The van der Waals surface area contributed by atoms with E-state index in [1.165, 1.54) is 5.56 Å². The molecule has 1 nitrogen and oxygen atoms in total. The topological polar surface area (TPSA) is 17.1 Å². The molecule has 0 radical (unpaired) electrons. The van der Waals surface area contributed by atoms with E-state index in [1.807, 2.05) is 16.8 Å². The molecule has 3 heteroatoms. The number of benzene rings is 1. The minimum absolute atomic E-state index is 0.201. The van der Waals surface area contributed by atoms with E-state index >= 15 is 0 Å². The Kier molecular flexibility index (Phi) is 3.80. The van der Waals surface area contributed by atoms with Crippen molar-refractivity contribution in [3.63, 3.8) is 0 Å². The van der Waals surface area contributed by atoms with Gasteiger partial charge in [0.15, 0.2) is 5.78 Å². The average molecular weight is 248 g/mol. The molecule has 1 heterocycles. The summed E-state index contributed by atoms with van der Waals surface area (Å²) >= 11 is 3.15. The number of thioether (sulfide) groups is 1. The average Bonchev–Trinajstić information content (AvgIpc) is 2.81. The van der Waals surface area contributed by atoms with Gasteiger partial charge in [0.1, 0.15) is 0 Å². The zero-order valence-corrected chi connectivity index (χ0v) is 10.6. The molecule has 0 bridgehead atoms. The first-order valence-electron chi connectivity index (χ1n) is 5.00. The van der Waals surface area contributed by atoms with Crippen molar-refractivity contribution in [2.75, 3.05) is 5.75 Å². The minimum Gasteiger partial charge on any atom is -0.293 e. The normalized spacial score (nSPS) is 10.3. The third kappa shape index (κ3) is 2.97. The number of rotatable bonds is 4. The Bertz CT molecular complexity index is 457. The second kappa shape index (κ2) is 5.32. The number of ketones is 1.